The smallest absolute Gasteiger partial charge is 0.314 e. The van der Waals surface area contributed by atoms with Gasteiger partial charge in [0, 0.05) is 5.56 Å². The molecule has 4 heteroatoms. The van der Waals surface area contributed by atoms with Crippen molar-refractivity contribution >= 4 is 23.1 Å². The molecule has 0 amide bonds. The van der Waals surface area contributed by atoms with Crippen LogP contribution in [0.3, 0.4) is 0 Å². The number of ketones is 1. The quantitative estimate of drug-likeness (QED) is 0.875. The number of thiophene rings is 1. The molecule has 1 heterocycles. The molecule has 20 heavy (non-hydrogen) atoms. The van der Waals surface area contributed by atoms with Crippen LogP contribution in [0.2, 0.25) is 0 Å². The number of rotatable bonds is 4. The Morgan fingerprint density at radius 2 is 1.80 bits per heavy atom. The first-order chi connectivity index (χ1) is 9.63. The SMILES string of the molecule is O=C(c1ccc(C2(C(=O)O)CCC2)cc1)c1cccs1. The summed E-state index contributed by atoms with van der Waals surface area (Å²) in [6.07, 6.45) is 2.31. The minimum Gasteiger partial charge on any atom is -0.481 e. The number of benzene rings is 1. The van der Waals surface area contributed by atoms with Crippen molar-refractivity contribution in [2.24, 2.45) is 0 Å². The standard InChI is InChI=1S/C16H14O3S/c17-14(13-3-1-10-20-13)11-4-6-12(7-5-11)16(15(18)19)8-2-9-16/h1,3-7,10H,2,8-9H2,(H,18,19). The molecule has 1 aliphatic rings. The highest BCUT2D eigenvalue weighted by Crippen LogP contribution is 2.44. The average Bonchev–Trinajstić information content (AvgIpc) is 2.91. The Hall–Kier alpha value is -1.94. The molecule has 1 aliphatic carbocycles. The molecule has 0 aliphatic heterocycles. The van der Waals surface area contributed by atoms with Crippen LogP contribution in [0.4, 0.5) is 0 Å². The lowest BCUT2D eigenvalue weighted by Crippen LogP contribution is -2.42. The number of hydrogen-bond donors (Lipinski definition) is 1. The van der Waals surface area contributed by atoms with E-state index in [0.717, 1.165) is 12.0 Å². The van der Waals surface area contributed by atoms with E-state index in [1.165, 1.54) is 11.3 Å². The van der Waals surface area contributed by atoms with Crippen LogP contribution in [0.15, 0.2) is 41.8 Å². The van der Waals surface area contributed by atoms with Gasteiger partial charge in [-0.05, 0) is 29.9 Å². The van der Waals surface area contributed by atoms with E-state index in [9.17, 15) is 14.7 Å². The van der Waals surface area contributed by atoms with Gasteiger partial charge in [0.25, 0.3) is 0 Å². The molecular weight excluding hydrogens is 272 g/mol. The lowest BCUT2D eigenvalue weighted by Gasteiger charge is -2.38. The van der Waals surface area contributed by atoms with Crippen molar-refractivity contribution in [3.05, 3.63) is 57.8 Å². The largest absolute Gasteiger partial charge is 0.481 e. The highest BCUT2D eigenvalue weighted by molar-refractivity contribution is 7.12. The van der Waals surface area contributed by atoms with Crippen LogP contribution in [0.5, 0.6) is 0 Å². The highest BCUT2D eigenvalue weighted by atomic mass is 32.1. The minimum atomic E-state index is -0.763. The fourth-order valence-electron chi connectivity index (χ4n) is 2.65. The summed E-state index contributed by atoms with van der Waals surface area (Å²) in [4.78, 5) is 24.3. The second-order valence-corrected chi connectivity index (χ2v) is 6.07. The van der Waals surface area contributed by atoms with Gasteiger partial charge in [0.05, 0.1) is 10.3 Å². The van der Waals surface area contributed by atoms with E-state index < -0.39 is 11.4 Å². The zero-order valence-corrected chi connectivity index (χ0v) is 11.7. The number of carbonyl (C=O) groups excluding carboxylic acids is 1. The number of carbonyl (C=O) groups is 2. The Labute approximate surface area is 120 Å². The Morgan fingerprint density at radius 1 is 1.10 bits per heavy atom. The van der Waals surface area contributed by atoms with Crippen molar-refractivity contribution in [1.82, 2.24) is 0 Å². The summed E-state index contributed by atoms with van der Waals surface area (Å²) in [5.74, 6) is -0.773. The summed E-state index contributed by atoms with van der Waals surface area (Å²) in [5.41, 5.74) is 0.680. The summed E-state index contributed by atoms with van der Waals surface area (Å²) in [6.45, 7) is 0. The van der Waals surface area contributed by atoms with E-state index in [1.807, 2.05) is 11.4 Å². The molecule has 2 aromatic rings. The number of hydrogen-bond acceptors (Lipinski definition) is 3. The maximum atomic E-state index is 12.2. The van der Waals surface area contributed by atoms with Crippen molar-refractivity contribution in [2.75, 3.05) is 0 Å². The van der Waals surface area contributed by atoms with E-state index in [0.29, 0.717) is 23.3 Å². The van der Waals surface area contributed by atoms with Gasteiger partial charge in [-0.25, -0.2) is 0 Å². The van der Waals surface area contributed by atoms with Gasteiger partial charge in [-0.3, -0.25) is 9.59 Å². The average molecular weight is 286 g/mol. The lowest BCUT2D eigenvalue weighted by atomic mass is 9.64. The van der Waals surface area contributed by atoms with Crippen LogP contribution < -0.4 is 0 Å². The Kier molecular flexibility index (Phi) is 3.18. The summed E-state index contributed by atoms with van der Waals surface area (Å²) in [5, 5.41) is 11.3. The maximum Gasteiger partial charge on any atom is 0.314 e. The Morgan fingerprint density at radius 3 is 2.25 bits per heavy atom. The number of carboxylic acid groups (broad SMARTS) is 1. The first-order valence-electron chi connectivity index (χ1n) is 6.56. The van der Waals surface area contributed by atoms with Crippen LogP contribution in [0.1, 0.15) is 40.1 Å². The van der Waals surface area contributed by atoms with E-state index in [1.54, 1.807) is 30.3 Å². The fraction of sp³-hybridized carbons (Fsp3) is 0.250. The van der Waals surface area contributed by atoms with Crippen LogP contribution >= 0.6 is 11.3 Å². The van der Waals surface area contributed by atoms with Crippen LogP contribution in [0, 0.1) is 0 Å². The van der Waals surface area contributed by atoms with Gasteiger partial charge in [-0.15, -0.1) is 11.3 Å². The van der Waals surface area contributed by atoms with Gasteiger partial charge in [-0.1, -0.05) is 36.8 Å². The predicted molar refractivity (Wildman–Crippen MR) is 77.4 cm³/mol. The molecule has 1 N–H and O–H groups in total. The molecule has 0 radical (unpaired) electrons. The molecule has 3 rings (SSSR count). The third kappa shape index (κ3) is 1.96. The second-order valence-electron chi connectivity index (χ2n) is 5.12. The first kappa shape index (κ1) is 13.1. The summed E-state index contributed by atoms with van der Waals surface area (Å²) < 4.78 is 0. The van der Waals surface area contributed by atoms with Gasteiger partial charge in [-0.2, -0.15) is 0 Å². The van der Waals surface area contributed by atoms with Crippen LogP contribution in [0.25, 0.3) is 0 Å². The highest BCUT2D eigenvalue weighted by Gasteiger charge is 2.45. The topological polar surface area (TPSA) is 54.4 Å². The molecule has 1 aromatic heterocycles. The number of aliphatic carboxylic acids is 1. The Bertz CT molecular complexity index is 637. The van der Waals surface area contributed by atoms with Gasteiger partial charge < -0.3 is 5.11 Å². The first-order valence-corrected chi connectivity index (χ1v) is 7.44. The van der Waals surface area contributed by atoms with Gasteiger partial charge >= 0.3 is 5.97 Å². The zero-order valence-electron chi connectivity index (χ0n) is 10.8. The van der Waals surface area contributed by atoms with Crippen molar-refractivity contribution < 1.29 is 14.7 Å². The van der Waals surface area contributed by atoms with Crippen molar-refractivity contribution in [3.63, 3.8) is 0 Å². The third-order valence-electron chi connectivity index (χ3n) is 4.06. The molecule has 0 unspecified atom stereocenters. The number of carboxylic acids is 1. The van der Waals surface area contributed by atoms with Gasteiger partial charge in [0.1, 0.15) is 0 Å². The van der Waals surface area contributed by atoms with Crippen molar-refractivity contribution in [1.29, 1.82) is 0 Å². The molecule has 102 valence electrons. The third-order valence-corrected chi connectivity index (χ3v) is 4.93. The predicted octanol–water partition coefficient (Wildman–Crippen LogP) is 3.49. The van der Waals surface area contributed by atoms with Crippen molar-refractivity contribution in [3.8, 4) is 0 Å². The fourth-order valence-corrected chi connectivity index (χ4v) is 3.33. The summed E-state index contributed by atoms with van der Waals surface area (Å²) in [7, 11) is 0. The molecule has 0 spiro atoms. The van der Waals surface area contributed by atoms with E-state index in [4.69, 9.17) is 0 Å². The second kappa shape index (κ2) is 4.87. The lowest BCUT2D eigenvalue weighted by molar-refractivity contribution is -0.147. The molecule has 0 atom stereocenters. The van der Waals surface area contributed by atoms with E-state index in [2.05, 4.69) is 0 Å². The molecular formula is C16H14O3S. The van der Waals surface area contributed by atoms with Crippen molar-refractivity contribution in [2.45, 2.75) is 24.7 Å². The monoisotopic (exact) mass is 286 g/mol. The Balaban J connectivity index is 1.89. The molecule has 0 saturated heterocycles. The minimum absolute atomic E-state index is 0.00969. The zero-order chi connectivity index (χ0) is 14.2. The normalized spacial score (nSPS) is 16.4. The maximum absolute atomic E-state index is 12.2. The molecule has 1 aromatic carbocycles. The summed E-state index contributed by atoms with van der Waals surface area (Å²) >= 11 is 1.41. The van der Waals surface area contributed by atoms with Gasteiger partial charge in [0.15, 0.2) is 0 Å². The molecule has 3 nitrogen and oxygen atoms in total. The van der Waals surface area contributed by atoms with Crippen LogP contribution in [-0.2, 0) is 10.2 Å². The van der Waals surface area contributed by atoms with E-state index in [-0.39, 0.29) is 5.78 Å². The summed E-state index contributed by atoms with van der Waals surface area (Å²) in [6, 6.07) is 10.7. The van der Waals surface area contributed by atoms with Gasteiger partial charge in [0.2, 0.25) is 5.78 Å². The van der Waals surface area contributed by atoms with Crippen LogP contribution in [-0.4, -0.2) is 16.9 Å². The molecule has 1 saturated carbocycles. The molecule has 1 fully saturated rings. The van der Waals surface area contributed by atoms with E-state index >= 15 is 0 Å². The molecule has 0 bridgehead atoms.